The Labute approximate surface area is 140 Å². The van der Waals surface area contributed by atoms with Gasteiger partial charge in [-0.2, -0.15) is 0 Å². The minimum atomic E-state index is 0.0911. The normalized spacial score (nSPS) is 19.2. The van der Waals surface area contributed by atoms with Gasteiger partial charge >= 0.3 is 0 Å². The number of morpholine rings is 1. The predicted molar refractivity (Wildman–Crippen MR) is 88.4 cm³/mol. The van der Waals surface area contributed by atoms with Gasteiger partial charge in [0.1, 0.15) is 5.76 Å². The monoisotopic (exact) mass is 336 g/mol. The zero-order valence-electron chi connectivity index (χ0n) is 13.2. The van der Waals surface area contributed by atoms with Crippen LogP contribution in [-0.4, -0.2) is 47.4 Å². The molecule has 0 unspecified atom stereocenters. The topological polar surface area (TPSA) is 58.7 Å². The number of halogens is 1. The summed E-state index contributed by atoms with van der Waals surface area (Å²) in [7, 11) is 0. The first-order valence-corrected chi connectivity index (χ1v) is 8.20. The molecular weight excluding hydrogens is 316 g/mol. The molecule has 0 aliphatic carbocycles. The zero-order valence-corrected chi connectivity index (χ0v) is 13.9. The van der Waals surface area contributed by atoms with Gasteiger partial charge in [-0.15, -0.1) is 0 Å². The quantitative estimate of drug-likeness (QED) is 0.909. The second-order valence-electron chi connectivity index (χ2n) is 5.77. The molecule has 2 aromatic rings. The fourth-order valence-corrected chi connectivity index (χ4v) is 2.96. The summed E-state index contributed by atoms with van der Waals surface area (Å²) in [5.74, 6) is 1.42. The zero-order chi connectivity index (χ0) is 16.2. The average molecular weight is 337 g/mol. The van der Waals surface area contributed by atoms with E-state index >= 15 is 0 Å². The lowest BCUT2D eigenvalue weighted by molar-refractivity contribution is -0.0411. The number of benzene rings is 1. The summed E-state index contributed by atoms with van der Waals surface area (Å²) in [4.78, 5) is 6.92. The van der Waals surface area contributed by atoms with E-state index in [4.69, 9.17) is 25.9 Å². The molecule has 0 radical (unpaired) electrons. The molecule has 0 amide bonds. The SMILES string of the molecule is Cc1oc(-c2cccc(Cl)c2)nc1CN1CCO[C@H](CCO)C1. The van der Waals surface area contributed by atoms with Crippen LogP contribution in [0.5, 0.6) is 0 Å². The van der Waals surface area contributed by atoms with Gasteiger partial charge < -0.3 is 14.3 Å². The summed E-state index contributed by atoms with van der Waals surface area (Å²) in [6.07, 6.45) is 0.760. The molecule has 2 heterocycles. The number of rotatable bonds is 5. The Morgan fingerprint density at radius 2 is 2.30 bits per heavy atom. The van der Waals surface area contributed by atoms with Crippen molar-refractivity contribution in [1.82, 2.24) is 9.88 Å². The number of nitrogens with zero attached hydrogens (tertiary/aromatic N) is 2. The van der Waals surface area contributed by atoms with Crippen molar-refractivity contribution in [1.29, 1.82) is 0 Å². The minimum Gasteiger partial charge on any atom is -0.441 e. The first-order valence-electron chi connectivity index (χ1n) is 7.83. The molecule has 0 bridgehead atoms. The number of aryl methyl sites for hydroxylation is 1. The lowest BCUT2D eigenvalue weighted by Gasteiger charge is -2.32. The number of ether oxygens (including phenoxy) is 1. The van der Waals surface area contributed by atoms with Crippen LogP contribution in [0.1, 0.15) is 17.9 Å². The summed E-state index contributed by atoms with van der Waals surface area (Å²) in [5, 5.41) is 9.72. The number of aromatic nitrogens is 1. The minimum absolute atomic E-state index is 0.0911. The van der Waals surface area contributed by atoms with Crippen LogP contribution in [0.2, 0.25) is 5.02 Å². The Morgan fingerprint density at radius 3 is 3.09 bits per heavy atom. The van der Waals surface area contributed by atoms with Crippen LogP contribution in [0.4, 0.5) is 0 Å². The lowest BCUT2D eigenvalue weighted by atomic mass is 10.2. The maximum Gasteiger partial charge on any atom is 0.226 e. The number of hydrogen-bond donors (Lipinski definition) is 1. The molecule has 5 nitrogen and oxygen atoms in total. The molecule has 124 valence electrons. The predicted octanol–water partition coefficient (Wildman–Crippen LogP) is 2.89. The molecular formula is C17H21ClN2O3. The molecule has 1 fully saturated rings. The van der Waals surface area contributed by atoms with Crippen LogP contribution < -0.4 is 0 Å². The van der Waals surface area contributed by atoms with E-state index in [2.05, 4.69) is 9.88 Å². The highest BCUT2D eigenvalue weighted by Crippen LogP contribution is 2.25. The summed E-state index contributed by atoms with van der Waals surface area (Å²) in [5.41, 5.74) is 1.82. The Kier molecular flexibility index (Phi) is 5.33. The first kappa shape index (κ1) is 16.5. The van der Waals surface area contributed by atoms with E-state index in [1.54, 1.807) is 0 Å². The largest absolute Gasteiger partial charge is 0.441 e. The number of aliphatic hydroxyl groups is 1. The Morgan fingerprint density at radius 1 is 1.43 bits per heavy atom. The summed E-state index contributed by atoms with van der Waals surface area (Å²) < 4.78 is 11.4. The molecule has 1 aliphatic rings. The molecule has 1 aromatic heterocycles. The van der Waals surface area contributed by atoms with Gasteiger partial charge in [0.2, 0.25) is 5.89 Å². The Hall–Kier alpha value is -1.40. The van der Waals surface area contributed by atoms with E-state index in [1.807, 2.05) is 31.2 Å². The van der Waals surface area contributed by atoms with Crippen LogP contribution in [0, 0.1) is 6.92 Å². The van der Waals surface area contributed by atoms with Gasteiger partial charge in [-0.25, -0.2) is 4.98 Å². The maximum absolute atomic E-state index is 9.05. The van der Waals surface area contributed by atoms with E-state index in [0.29, 0.717) is 23.9 Å². The third-order valence-electron chi connectivity index (χ3n) is 4.01. The summed E-state index contributed by atoms with van der Waals surface area (Å²) >= 11 is 6.03. The van der Waals surface area contributed by atoms with E-state index in [-0.39, 0.29) is 12.7 Å². The highest BCUT2D eigenvalue weighted by Gasteiger charge is 2.22. The molecule has 23 heavy (non-hydrogen) atoms. The van der Waals surface area contributed by atoms with Gasteiger partial charge in [0.25, 0.3) is 0 Å². The smallest absolute Gasteiger partial charge is 0.226 e. The van der Waals surface area contributed by atoms with Crippen molar-refractivity contribution in [3.05, 3.63) is 40.7 Å². The molecule has 1 aromatic carbocycles. The molecule has 0 spiro atoms. The fraction of sp³-hybridized carbons (Fsp3) is 0.471. The van der Waals surface area contributed by atoms with E-state index < -0.39 is 0 Å². The van der Waals surface area contributed by atoms with Crippen LogP contribution in [-0.2, 0) is 11.3 Å². The molecule has 0 saturated carbocycles. The van der Waals surface area contributed by atoms with E-state index in [9.17, 15) is 0 Å². The van der Waals surface area contributed by atoms with Crippen LogP contribution in [0.3, 0.4) is 0 Å². The molecule has 1 N–H and O–H groups in total. The van der Waals surface area contributed by atoms with Crippen molar-refractivity contribution in [3.8, 4) is 11.5 Å². The Bertz CT molecular complexity index is 657. The highest BCUT2D eigenvalue weighted by molar-refractivity contribution is 6.30. The van der Waals surface area contributed by atoms with Crippen molar-refractivity contribution in [2.45, 2.75) is 26.0 Å². The van der Waals surface area contributed by atoms with Gasteiger partial charge in [0.15, 0.2) is 0 Å². The second kappa shape index (κ2) is 7.45. The highest BCUT2D eigenvalue weighted by atomic mass is 35.5. The van der Waals surface area contributed by atoms with Crippen LogP contribution >= 0.6 is 11.6 Å². The molecule has 1 atom stereocenters. The second-order valence-corrected chi connectivity index (χ2v) is 6.21. The standard InChI is InChI=1S/C17H21ClN2O3/c1-12-16(11-20-6-8-22-15(10-20)5-7-21)19-17(23-12)13-3-2-4-14(18)9-13/h2-4,9,15,21H,5-8,10-11H2,1H3/t15-/m1/s1. The van der Waals surface area contributed by atoms with Crippen molar-refractivity contribution in [2.75, 3.05) is 26.3 Å². The summed E-state index contributed by atoms with van der Waals surface area (Å²) in [6, 6.07) is 7.50. The average Bonchev–Trinajstić information content (AvgIpc) is 2.89. The number of hydrogen-bond acceptors (Lipinski definition) is 5. The lowest BCUT2D eigenvalue weighted by Crippen LogP contribution is -2.42. The van der Waals surface area contributed by atoms with Crippen molar-refractivity contribution in [2.24, 2.45) is 0 Å². The third kappa shape index (κ3) is 4.12. The van der Waals surface area contributed by atoms with E-state index in [0.717, 1.165) is 36.7 Å². The first-order chi connectivity index (χ1) is 11.2. The maximum atomic E-state index is 9.05. The molecule has 6 heteroatoms. The van der Waals surface area contributed by atoms with Crippen LogP contribution in [0.15, 0.2) is 28.7 Å². The molecule has 1 aliphatic heterocycles. The van der Waals surface area contributed by atoms with E-state index in [1.165, 1.54) is 0 Å². The Balaban J connectivity index is 1.71. The van der Waals surface area contributed by atoms with Gasteiger partial charge in [0, 0.05) is 36.8 Å². The van der Waals surface area contributed by atoms with Crippen molar-refractivity contribution >= 4 is 11.6 Å². The number of oxazole rings is 1. The number of aliphatic hydroxyl groups excluding tert-OH is 1. The molecule has 1 saturated heterocycles. The fourth-order valence-electron chi connectivity index (χ4n) is 2.77. The van der Waals surface area contributed by atoms with Crippen molar-refractivity contribution in [3.63, 3.8) is 0 Å². The van der Waals surface area contributed by atoms with Crippen LogP contribution in [0.25, 0.3) is 11.5 Å². The van der Waals surface area contributed by atoms with Gasteiger partial charge in [-0.1, -0.05) is 17.7 Å². The molecule has 3 rings (SSSR count). The van der Waals surface area contributed by atoms with Gasteiger partial charge in [-0.3, -0.25) is 4.90 Å². The van der Waals surface area contributed by atoms with Gasteiger partial charge in [-0.05, 0) is 31.5 Å². The third-order valence-corrected chi connectivity index (χ3v) is 4.25. The van der Waals surface area contributed by atoms with Gasteiger partial charge in [0.05, 0.1) is 18.4 Å². The summed E-state index contributed by atoms with van der Waals surface area (Å²) in [6.45, 7) is 5.16. The van der Waals surface area contributed by atoms with Crippen molar-refractivity contribution < 1.29 is 14.3 Å².